The van der Waals surface area contributed by atoms with Gasteiger partial charge in [-0.25, -0.2) is 4.68 Å². The molecule has 2 heterocycles. The number of nitrogens with one attached hydrogen (secondary N) is 1. The van der Waals surface area contributed by atoms with Crippen LogP contribution in [0.4, 0.5) is 0 Å². The molecule has 2 aromatic heterocycles. The van der Waals surface area contributed by atoms with Crippen LogP contribution in [0, 0.1) is 0 Å². The van der Waals surface area contributed by atoms with Gasteiger partial charge in [-0.1, -0.05) is 18.2 Å². The Morgan fingerprint density at radius 2 is 2.08 bits per heavy atom. The molecule has 0 bridgehead atoms. The summed E-state index contributed by atoms with van der Waals surface area (Å²) in [5, 5.41) is 10.6. The van der Waals surface area contributed by atoms with Crippen molar-refractivity contribution in [3.8, 4) is 0 Å². The monoisotopic (exact) mass is 353 g/mol. The van der Waals surface area contributed by atoms with E-state index >= 15 is 0 Å². The van der Waals surface area contributed by atoms with Crippen LogP contribution in [0.3, 0.4) is 0 Å². The van der Waals surface area contributed by atoms with Crippen LogP contribution >= 0.6 is 11.3 Å². The van der Waals surface area contributed by atoms with Gasteiger partial charge in [0.25, 0.3) is 5.56 Å². The fraction of sp³-hybridized carbons (Fsp3) is 0.316. The summed E-state index contributed by atoms with van der Waals surface area (Å²) < 4.78 is 1.22. The second-order valence-corrected chi connectivity index (χ2v) is 7.31. The molecular formula is C19H19N3O2S. The quantitative estimate of drug-likeness (QED) is 0.784. The second-order valence-electron chi connectivity index (χ2n) is 6.34. The molecule has 6 heteroatoms. The molecule has 0 atom stereocenters. The molecule has 0 saturated carbocycles. The van der Waals surface area contributed by atoms with E-state index in [1.54, 1.807) is 23.6 Å². The van der Waals surface area contributed by atoms with Gasteiger partial charge in [0.15, 0.2) is 0 Å². The maximum Gasteiger partial charge on any atom is 0.275 e. The minimum Gasteiger partial charge on any atom is -0.350 e. The lowest BCUT2D eigenvalue weighted by atomic mass is 9.96. The third-order valence-electron chi connectivity index (χ3n) is 4.68. The van der Waals surface area contributed by atoms with Gasteiger partial charge in [0.1, 0.15) is 6.54 Å². The maximum absolute atomic E-state index is 12.4. The SMILES string of the molecule is O=C(Cn1ncc2ccccc2c1=O)NCc1csc2c1CCCC2. The van der Waals surface area contributed by atoms with Gasteiger partial charge in [0, 0.05) is 16.8 Å². The highest BCUT2D eigenvalue weighted by atomic mass is 32.1. The van der Waals surface area contributed by atoms with Crippen LogP contribution in [0.1, 0.15) is 28.8 Å². The summed E-state index contributed by atoms with van der Waals surface area (Å²) in [4.78, 5) is 26.1. The lowest BCUT2D eigenvalue weighted by Crippen LogP contribution is -2.33. The smallest absolute Gasteiger partial charge is 0.275 e. The van der Waals surface area contributed by atoms with Crippen molar-refractivity contribution in [1.29, 1.82) is 0 Å². The van der Waals surface area contributed by atoms with E-state index in [0.29, 0.717) is 11.9 Å². The number of benzene rings is 1. The number of hydrogen-bond acceptors (Lipinski definition) is 4. The summed E-state index contributed by atoms with van der Waals surface area (Å²) in [6.45, 7) is 0.461. The Hall–Kier alpha value is -2.47. The summed E-state index contributed by atoms with van der Waals surface area (Å²) in [5.74, 6) is -0.194. The van der Waals surface area contributed by atoms with E-state index in [4.69, 9.17) is 0 Å². The van der Waals surface area contributed by atoms with Crippen LogP contribution in [-0.4, -0.2) is 15.7 Å². The molecule has 1 aliphatic carbocycles. The van der Waals surface area contributed by atoms with Gasteiger partial charge in [-0.2, -0.15) is 5.10 Å². The van der Waals surface area contributed by atoms with Crippen molar-refractivity contribution in [3.05, 3.63) is 62.2 Å². The predicted molar refractivity (Wildman–Crippen MR) is 98.8 cm³/mol. The van der Waals surface area contributed by atoms with Crippen molar-refractivity contribution in [1.82, 2.24) is 15.1 Å². The predicted octanol–water partition coefficient (Wildman–Crippen LogP) is 2.65. The molecule has 0 aliphatic heterocycles. The summed E-state index contributed by atoms with van der Waals surface area (Å²) >= 11 is 1.79. The van der Waals surface area contributed by atoms with Crippen LogP contribution in [-0.2, 0) is 30.7 Å². The van der Waals surface area contributed by atoms with Crippen molar-refractivity contribution < 1.29 is 4.79 Å². The molecule has 128 valence electrons. The van der Waals surface area contributed by atoms with Crippen LogP contribution in [0.2, 0.25) is 0 Å². The summed E-state index contributed by atoms with van der Waals surface area (Å²) in [6, 6.07) is 7.27. The number of carbonyl (C=O) groups is 1. The first-order valence-corrected chi connectivity index (χ1v) is 9.40. The van der Waals surface area contributed by atoms with Crippen LogP contribution in [0.5, 0.6) is 0 Å². The zero-order chi connectivity index (χ0) is 17.2. The Balaban J connectivity index is 1.45. The zero-order valence-corrected chi connectivity index (χ0v) is 14.6. The van der Waals surface area contributed by atoms with Crippen molar-refractivity contribution >= 4 is 28.0 Å². The van der Waals surface area contributed by atoms with Crippen molar-refractivity contribution in [2.24, 2.45) is 0 Å². The molecule has 25 heavy (non-hydrogen) atoms. The molecule has 1 aromatic carbocycles. The minimum absolute atomic E-state index is 0.0595. The van der Waals surface area contributed by atoms with Gasteiger partial charge >= 0.3 is 0 Å². The van der Waals surface area contributed by atoms with Crippen molar-refractivity contribution in [2.45, 2.75) is 38.8 Å². The normalized spacial score (nSPS) is 13.6. The van der Waals surface area contributed by atoms with Gasteiger partial charge < -0.3 is 5.32 Å². The molecule has 0 saturated heterocycles. The molecule has 3 aromatic rings. The van der Waals surface area contributed by atoms with E-state index < -0.39 is 0 Å². The number of rotatable bonds is 4. The number of aryl methyl sites for hydroxylation is 1. The number of aromatic nitrogens is 2. The number of hydrogen-bond donors (Lipinski definition) is 1. The van der Waals surface area contributed by atoms with Crippen LogP contribution in [0.15, 0.2) is 40.6 Å². The van der Waals surface area contributed by atoms with E-state index in [1.807, 2.05) is 18.2 Å². The Morgan fingerprint density at radius 1 is 1.24 bits per heavy atom. The summed E-state index contributed by atoms with van der Waals surface area (Å²) in [6.07, 6.45) is 6.37. The van der Waals surface area contributed by atoms with Crippen LogP contribution in [0.25, 0.3) is 10.8 Å². The van der Waals surface area contributed by atoms with Gasteiger partial charge in [-0.3, -0.25) is 9.59 Å². The van der Waals surface area contributed by atoms with E-state index in [1.165, 1.54) is 33.5 Å². The van der Waals surface area contributed by atoms with E-state index in [9.17, 15) is 9.59 Å². The number of fused-ring (bicyclic) bond motifs is 2. The Morgan fingerprint density at radius 3 is 3.00 bits per heavy atom. The van der Waals surface area contributed by atoms with Crippen molar-refractivity contribution in [3.63, 3.8) is 0 Å². The lowest BCUT2D eigenvalue weighted by Gasteiger charge is -2.13. The molecule has 1 amide bonds. The highest BCUT2D eigenvalue weighted by Crippen LogP contribution is 2.30. The van der Waals surface area contributed by atoms with Crippen molar-refractivity contribution in [2.75, 3.05) is 0 Å². The van der Waals surface area contributed by atoms with E-state index in [0.717, 1.165) is 18.2 Å². The van der Waals surface area contributed by atoms with Gasteiger partial charge in [-0.05, 0) is 48.3 Å². The molecule has 0 spiro atoms. The molecule has 1 aliphatic rings. The average Bonchev–Trinajstić information content (AvgIpc) is 3.06. The minimum atomic E-state index is -0.235. The first kappa shape index (κ1) is 16.0. The van der Waals surface area contributed by atoms with Gasteiger partial charge in [0.05, 0.1) is 11.6 Å². The fourth-order valence-corrected chi connectivity index (χ4v) is 4.48. The third-order valence-corrected chi connectivity index (χ3v) is 5.82. The second kappa shape index (κ2) is 6.80. The Bertz CT molecular complexity index is 990. The molecule has 1 N–H and O–H groups in total. The number of amides is 1. The topological polar surface area (TPSA) is 64.0 Å². The Kier molecular flexibility index (Phi) is 4.36. The molecule has 0 unspecified atom stereocenters. The average molecular weight is 353 g/mol. The number of carbonyl (C=O) groups excluding carboxylic acids is 1. The number of nitrogens with zero attached hydrogens (tertiary/aromatic N) is 2. The standard InChI is InChI=1S/C19H19N3O2S/c23-18(20-9-14-12-25-17-8-4-3-6-15(14)17)11-22-19(24)16-7-2-1-5-13(16)10-21-22/h1-2,5,7,10,12H,3-4,6,8-9,11H2,(H,20,23). The zero-order valence-electron chi connectivity index (χ0n) is 13.8. The molecule has 0 radical (unpaired) electrons. The highest BCUT2D eigenvalue weighted by Gasteiger charge is 2.16. The largest absolute Gasteiger partial charge is 0.350 e. The summed E-state index contributed by atoms with van der Waals surface area (Å²) in [7, 11) is 0. The molecule has 4 rings (SSSR count). The number of thiophene rings is 1. The summed E-state index contributed by atoms with van der Waals surface area (Å²) in [5.41, 5.74) is 2.39. The van der Waals surface area contributed by atoms with E-state index in [2.05, 4.69) is 15.8 Å². The van der Waals surface area contributed by atoms with E-state index in [-0.39, 0.29) is 18.0 Å². The molecule has 5 nitrogen and oxygen atoms in total. The van der Waals surface area contributed by atoms with Crippen LogP contribution < -0.4 is 10.9 Å². The molecular weight excluding hydrogens is 334 g/mol. The van der Waals surface area contributed by atoms with Gasteiger partial charge in [-0.15, -0.1) is 11.3 Å². The first-order valence-electron chi connectivity index (χ1n) is 8.52. The maximum atomic E-state index is 12.4. The lowest BCUT2D eigenvalue weighted by molar-refractivity contribution is -0.122. The molecule has 0 fully saturated rings. The third kappa shape index (κ3) is 3.22. The highest BCUT2D eigenvalue weighted by molar-refractivity contribution is 7.10. The van der Waals surface area contributed by atoms with Gasteiger partial charge in [0.2, 0.25) is 5.91 Å². The first-order chi connectivity index (χ1) is 12.2. The Labute approximate surface area is 149 Å². The fourth-order valence-electron chi connectivity index (χ4n) is 3.34.